The zero-order valence-corrected chi connectivity index (χ0v) is 16.3. The van der Waals surface area contributed by atoms with Crippen LogP contribution in [-0.2, 0) is 19.6 Å². The first-order valence-corrected chi connectivity index (χ1v) is 9.86. The van der Waals surface area contributed by atoms with Crippen molar-refractivity contribution in [2.75, 3.05) is 40.0 Å². The lowest BCUT2D eigenvalue weighted by atomic mass is 10.3. The number of hydrogen-bond acceptors (Lipinski definition) is 5. The lowest BCUT2D eigenvalue weighted by Gasteiger charge is -2.20. The molecular weight excluding hydrogens is 368 g/mol. The number of carbonyl (C=O) groups is 1. The van der Waals surface area contributed by atoms with E-state index in [9.17, 15) is 13.2 Å². The van der Waals surface area contributed by atoms with Crippen molar-refractivity contribution in [1.82, 2.24) is 9.62 Å². The Morgan fingerprint density at radius 2 is 2.04 bits per heavy atom. The molecule has 142 valence electrons. The highest BCUT2D eigenvalue weighted by atomic mass is 35.5. The minimum Gasteiger partial charge on any atom is -0.495 e. The van der Waals surface area contributed by atoms with E-state index >= 15 is 0 Å². The van der Waals surface area contributed by atoms with Gasteiger partial charge in [0.05, 0.1) is 23.6 Å². The van der Waals surface area contributed by atoms with Crippen LogP contribution < -0.4 is 10.1 Å². The van der Waals surface area contributed by atoms with E-state index in [-0.39, 0.29) is 28.9 Å². The maximum absolute atomic E-state index is 12.7. The van der Waals surface area contributed by atoms with Crippen LogP contribution >= 0.6 is 11.6 Å². The Labute approximate surface area is 154 Å². The third-order valence-corrected chi connectivity index (χ3v) is 5.64. The predicted molar refractivity (Wildman–Crippen MR) is 96.6 cm³/mol. The van der Waals surface area contributed by atoms with Crippen LogP contribution in [-0.4, -0.2) is 58.6 Å². The van der Waals surface area contributed by atoms with Gasteiger partial charge in [-0.25, -0.2) is 8.42 Å². The topological polar surface area (TPSA) is 84.9 Å². The van der Waals surface area contributed by atoms with Gasteiger partial charge in [0.25, 0.3) is 0 Å². The molecule has 0 bridgehead atoms. The molecule has 0 aliphatic heterocycles. The smallest absolute Gasteiger partial charge is 0.243 e. The largest absolute Gasteiger partial charge is 0.495 e. The molecule has 0 aromatic heterocycles. The fraction of sp³-hybridized carbons (Fsp3) is 0.562. The standard InChI is InChI=1S/C16H25ClN2O5S/c1-4-19(12-16(20)18-9-6-10-24-5-2)25(21,22)13-7-8-15(23-3)14(17)11-13/h7-8,11H,4-6,9-10,12H2,1-3H3,(H,18,20). The Hall–Kier alpha value is -1.35. The number of sulfonamides is 1. The Morgan fingerprint density at radius 3 is 2.60 bits per heavy atom. The number of amides is 1. The summed E-state index contributed by atoms with van der Waals surface area (Å²) in [6.07, 6.45) is 0.673. The number of rotatable bonds is 11. The third-order valence-electron chi connectivity index (χ3n) is 3.43. The van der Waals surface area contributed by atoms with Crippen molar-refractivity contribution in [1.29, 1.82) is 0 Å². The van der Waals surface area contributed by atoms with Crippen molar-refractivity contribution < 1.29 is 22.7 Å². The summed E-state index contributed by atoms with van der Waals surface area (Å²) < 4.78 is 36.7. The Morgan fingerprint density at radius 1 is 1.32 bits per heavy atom. The van der Waals surface area contributed by atoms with Crippen LogP contribution in [0.15, 0.2) is 23.1 Å². The molecule has 1 amide bonds. The van der Waals surface area contributed by atoms with Gasteiger partial charge in [0.1, 0.15) is 5.75 Å². The molecule has 0 saturated carbocycles. The molecule has 0 aliphatic carbocycles. The summed E-state index contributed by atoms with van der Waals surface area (Å²) in [5, 5.41) is 2.88. The molecule has 1 N–H and O–H groups in total. The molecule has 25 heavy (non-hydrogen) atoms. The van der Waals surface area contributed by atoms with E-state index in [0.29, 0.717) is 31.9 Å². The summed E-state index contributed by atoms with van der Waals surface area (Å²) in [4.78, 5) is 12.0. The Bertz CT molecular complexity index is 666. The lowest BCUT2D eigenvalue weighted by molar-refractivity contribution is -0.121. The van der Waals surface area contributed by atoms with Gasteiger partial charge in [-0.1, -0.05) is 18.5 Å². The summed E-state index contributed by atoms with van der Waals surface area (Å²) in [5.41, 5.74) is 0. The molecule has 7 nitrogen and oxygen atoms in total. The van der Waals surface area contributed by atoms with Crippen molar-refractivity contribution in [2.24, 2.45) is 0 Å². The number of carbonyl (C=O) groups excluding carboxylic acids is 1. The van der Waals surface area contributed by atoms with Crippen molar-refractivity contribution >= 4 is 27.5 Å². The van der Waals surface area contributed by atoms with Crippen LogP contribution in [0, 0.1) is 0 Å². The zero-order valence-electron chi connectivity index (χ0n) is 14.7. The molecule has 0 spiro atoms. The number of nitrogens with one attached hydrogen (secondary N) is 1. The fourth-order valence-corrected chi connectivity index (χ4v) is 3.84. The summed E-state index contributed by atoms with van der Waals surface area (Å²) in [5.74, 6) is 0.0252. The minimum atomic E-state index is -3.83. The minimum absolute atomic E-state index is 0.0179. The highest BCUT2D eigenvalue weighted by Crippen LogP contribution is 2.28. The first kappa shape index (κ1) is 21.7. The number of ether oxygens (including phenoxy) is 2. The van der Waals surface area contributed by atoms with E-state index in [1.807, 2.05) is 6.92 Å². The highest BCUT2D eigenvalue weighted by molar-refractivity contribution is 7.89. The first-order chi connectivity index (χ1) is 11.9. The molecule has 1 rings (SSSR count). The van der Waals surface area contributed by atoms with E-state index in [1.54, 1.807) is 6.92 Å². The highest BCUT2D eigenvalue weighted by Gasteiger charge is 2.26. The second-order valence-electron chi connectivity index (χ2n) is 5.13. The van der Waals surface area contributed by atoms with Crippen molar-refractivity contribution in [3.05, 3.63) is 23.2 Å². The second kappa shape index (κ2) is 10.6. The first-order valence-electron chi connectivity index (χ1n) is 8.04. The molecule has 1 aromatic carbocycles. The van der Waals surface area contributed by atoms with Gasteiger partial charge in [-0.2, -0.15) is 4.31 Å². The average molecular weight is 393 g/mol. The van der Waals surface area contributed by atoms with E-state index in [0.717, 1.165) is 4.31 Å². The molecule has 9 heteroatoms. The van der Waals surface area contributed by atoms with Gasteiger partial charge in [0.2, 0.25) is 15.9 Å². The SMILES string of the molecule is CCOCCCNC(=O)CN(CC)S(=O)(=O)c1ccc(OC)c(Cl)c1. The van der Waals surface area contributed by atoms with Crippen LogP contribution in [0.3, 0.4) is 0 Å². The second-order valence-corrected chi connectivity index (χ2v) is 7.47. The van der Waals surface area contributed by atoms with Gasteiger partial charge < -0.3 is 14.8 Å². The number of likely N-dealkylation sites (N-methyl/N-ethyl adjacent to an activating group) is 1. The van der Waals surface area contributed by atoms with Crippen molar-refractivity contribution in [2.45, 2.75) is 25.2 Å². The quantitative estimate of drug-likeness (QED) is 0.581. The molecule has 0 unspecified atom stereocenters. The van der Waals surface area contributed by atoms with Crippen LogP contribution in [0.2, 0.25) is 5.02 Å². The molecule has 1 aromatic rings. The lowest BCUT2D eigenvalue weighted by Crippen LogP contribution is -2.41. The maximum atomic E-state index is 12.7. The summed E-state index contributed by atoms with van der Waals surface area (Å²) in [6.45, 7) is 5.09. The summed E-state index contributed by atoms with van der Waals surface area (Å²) >= 11 is 6.00. The van der Waals surface area contributed by atoms with Gasteiger partial charge >= 0.3 is 0 Å². The molecule has 0 saturated heterocycles. The van der Waals surface area contributed by atoms with Crippen LogP contribution in [0.5, 0.6) is 5.75 Å². The van der Waals surface area contributed by atoms with Gasteiger partial charge in [-0.15, -0.1) is 0 Å². The normalized spacial score (nSPS) is 11.6. The van der Waals surface area contributed by atoms with E-state index < -0.39 is 10.0 Å². The van der Waals surface area contributed by atoms with E-state index in [4.69, 9.17) is 21.1 Å². The fourth-order valence-electron chi connectivity index (χ4n) is 2.09. The molecule has 0 heterocycles. The number of halogens is 1. The van der Waals surface area contributed by atoms with Gasteiger partial charge in [-0.3, -0.25) is 4.79 Å². The predicted octanol–water partition coefficient (Wildman–Crippen LogP) is 1.90. The summed E-state index contributed by atoms with van der Waals surface area (Å²) in [7, 11) is -2.38. The zero-order chi connectivity index (χ0) is 18.9. The van der Waals surface area contributed by atoms with Gasteiger partial charge in [0, 0.05) is 26.3 Å². The number of methoxy groups -OCH3 is 1. The monoisotopic (exact) mass is 392 g/mol. The maximum Gasteiger partial charge on any atom is 0.243 e. The van der Waals surface area contributed by atoms with Crippen molar-refractivity contribution in [3.8, 4) is 5.75 Å². The van der Waals surface area contributed by atoms with Crippen molar-refractivity contribution in [3.63, 3.8) is 0 Å². The van der Waals surface area contributed by atoms with Crippen LogP contribution in [0.4, 0.5) is 0 Å². The molecular formula is C16H25ClN2O5S. The average Bonchev–Trinajstić information content (AvgIpc) is 2.59. The van der Waals surface area contributed by atoms with Crippen LogP contribution in [0.1, 0.15) is 20.3 Å². The molecule has 0 fully saturated rings. The van der Waals surface area contributed by atoms with Gasteiger partial charge in [0.15, 0.2) is 0 Å². The molecule has 0 radical (unpaired) electrons. The van der Waals surface area contributed by atoms with Crippen LogP contribution in [0.25, 0.3) is 0 Å². The third kappa shape index (κ3) is 6.47. The molecule has 0 aliphatic rings. The van der Waals surface area contributed by atoms with Gasteiger partial charge in [-0.05, 0) is 31.5 Å². The molecule has 0 atom stereocenters. The number of hydrogen-bond donors (Lipinski definition) is 1. The number of nitrogens with zero attached hydrogens (tertiary/aromatic N) is 1. The summed E-state index contributed by atoms with van der Waals surface area (Å²) in [6, 6.07) is 4.21. The van der Waals surface area contributed by atoms with E-state index in [2.05, 4.69) is 5.32 Å². The Kier molecular flexibility index (Phi) is 9.20. The Balaban J connectivity index is 2.73. The number of benzene rings is 1. The van der Waals surface area contributed by atoms with E-state index in [1.165, 1.54) is 25.3 Å².